The second-order valence-electron chi connectivity index (χ2n) is 6.71. The molecule has 0 aliphatic heterocycles. The maximum absolute atomic E-state index is 10.9. The van der Waals surface area contributed by atoms with Gasteiger partial charge in [0.05, 0.1) is 6.10 Å². The summed E-state index contributed by atoms with van der Waals surface area (Å²) in [6.45, 7) is 4.76. The van der Waals surface area contributed by atoms with Crippen molar-refractivity contribution in [3.8, 4) is 0 Å². The molecule has 0 radical (unpaired) electrons. The van der Waals surface area contributed by atoms with Crippen molar-refractivity contribution >= 4 is 11.6 Å². The molecule has 2 nitrogen and oxygen atoms in total. The van der Waals surface area contributed by atoms with Gasteiger partial charge in [-0.05, 0) is 55.7 Å². The fourth-order valence-corrected chi connectivity index (χ4v) is 3.86. The lowest BCUT2D eigenvalue weighted by atomic mass is 9.65. The summed E-state index contributed by atoms with van der Waals surface area (Å²) < 4.78 is 0. The summed E-state index contributed by atoms with van der Waals surface area (Å²) in [6, 6.07) is 5.87. The van der Waals surface area contributed by atoms with Gasteiger partial charge in [0.1, 0.15) is 0 Å². The molecule has 0 aromatic heterocycles. The molecule has 0 amide bonds. The zero-order chi connectivity index (χ0) is 15.5. The number of aliphatic hydroxyl groups is 1. The van der Waals surface area contributed by atoms with Gasteiger partial charge < -0.3 is 10.8 Å². The largest absolute Gasteiger partial charge is 0.388 e. The number of aryl methyl sites for hydroxylation is 1. The number of halogens is 1. The van der Waals surface area contributed by atoms with E-state index in [1.54, 1.807) is 0 Å². The molecule has 118 valence electrons. The van der Waals surface area contributed by atoms with Gasteiger partial charge in [-0.1, -0.05) is 43.5 Å². The van der Waals surface area contributed by atoms with Crippen LogP contribution < -0.4 is 5.73 Å². The molecule has 1 aliphatic carbocycles. The molecule has 0 bridgehead atoms. The van der Waals surface area contributed by atoms with Gasteiger partial charge >= 0.3 is 0 Å². The summed E-state index contributed by atoms with van der Waals surface area (Å²) in [5.74, 6) is 0.809. The monoisotopic (exact) mass is 309 g/mol. The highest BCUT2D eigenvalue weighted by Gasteiger charge is 2.40. The highest BCUT2D eigenvalue weighted by molar-refractivity contribution is 6.31. The van der Waals surface area contributed by atoms with Crippen LogP contribution in [0.3, 0.4) is 0 Å². The summed E-state index contributed by atoms with van der Waals surface area (Å²) in [6.07, 6.45) is 6.43. The topological polar surface area (TPSA) is 46.2 Å². The van der Waals surface area contributed by atoms with Crippen molar-refractivity contribution in [1.82, 2.24) is 0 Å². The molecule has 21 heavy (non-hydrogen) atoms. The van der Waals surface area contributed by atoms with Crippen LogP contribution in [0.1, 0.15) is 62.7 Å². The highest BCUT2D eigenvalue weighted by Crippen LogP contribution is 2.48. The molecule has 3 heteroatoms. The van der Waals surface area contributed by atoms with Crippen molar-refractivity contribution in [3.05, 3.63) is 34.3 Å². The van der Waals surface area contributed by atoms with Gasteiger partial charge in [0.15, 0.2) is 0 Å². The van der Waals surface area contributed by atoms with Crippen molar-refractivity contribution in [2.45, 2.75) is 58.5 Å². The zero-order valence-electron chi connectivity index (χ0n) is 13.2. The van der Waals surface area contributed by atoms with Crippen molar-refractivity contribution in [2.75, 3.05) is 6.54 Å². The first kappa shape index (κ1) is 16.8. The average Bonchev–Trinajstić information content (AvgIpc) is 2.51. The summed E-state index contributed by atoms with van der Waals surface area (Å²) >= 11 is 6.21. The average molecular weight is 310 g/mol. The molecule has 1 atom stereocenters. The molecule has 1 unspecified atom stereocenters. The van der Waals surface area contributed by atoms with E-state index in [-0.39, 0.29) is 5.41 Å². The smallest absolute Gasteiger partial charge is 0.0858 e. The van der Waals surface area contributed by atoms with E-state index >= 15 is 0 Å². The van der Waals surface area contributed by atoms with Gasteiger partial charge in [-0.15, -0.1) is 0 Å². The van der Waals surface area contributed by atoms with Crippen molar-refractivity contribution in [1.29, 1.82) is 0 Å². The molecule has 1 aromatic carbocycles. The van der Waals surface area contributed by atoms with Crippen LogP contribution in [0.25, 0.3) is 0 Å². The maximum Gasteiger partial charge on any atom is 0.0858 e. The first-order chi connectivity index (χ1) is 10.0. The van der Waals surface area contributed by atoms with Crippen LogP contribution in [0, 0.1) is 18.3 Å². The van der Waals surface area contributed by atoms with Crippen molar-refractivity contribution < 1.29 is 5.11 Å². The molecule has 3 N–H and O–H groups in total. The van der Waals surface area contributed by atoms with Gasteiger partial charge in [0.25, 0.3) is 0 Å². The Balaban J connectivity index is 2.15. The Labute approximate surface area is 133 Å². The normalized spacial score (nSPS) is 27.6. The first-order valence-corrected chi connectivity index (χ1v) is 8.54. The minimum atomic E-state index is -0.511. The van der Waals surface area contributed by atoms with Crippen LogP contribution in [0.15, 0.2) is 18.2 Å². The Morgan fingerprint density at radius 3 is 2.57 bits per heavy atom. The predicted octanol–water partition coefficient (Wildman–Crippen LogP) is 4.62. The van der Waals surface area contributed by atoms with Gasteiger partial charge in [-0.3, -0.25) is 0 Å². The molecular formula is C18H28ClNO. The zero-order valence-corrected chi connectivity index (χ0v) is 14.0. The molecule has 1 aliphatic rings. The number of rotatable bonds is 5. The third-order valence-corrected chi connectivity index (χ3v) is 5.70. The number of nitrogens with two attached hydrogens (primary N) is 1. The Hall–Kier alpha value is -0.570. The molecule has 1 aromatic rings. The fourth-order valence-electron chi connectivity index (χ4n) is 3.67. The van der Waals surface area contributed by atoms with E-state index in [2.05, 4.69) is 6.92 Å². The Morgan fingerprint density at radius 1 is 1.38 bits per heavy atom. The number of hydrogen-bond acceptors (Lipinski definition) is 2. The van der Waals surface area contributed by atoms with Gasteiger partial charge in [-0.2, -0.15) is 0 Å². The van der Waals surface area contributed by atoms with Crippen LogP contribution in [0.2, 0.25) is 5.02 Å². The second kappa shape index (κ2) is 7.13. The lowest BCUT2D eigenvalue weighted by Gasteiger charge is -2.43. The summed E-state index contributed by atoms with van der Waals surface area (Å²) in [7, 11) is 0. The van der Waals surface area contributed by atoms with E-state index in [1.165, 1.54) is 25.7 Å². The highest BCUT2D eigenvalue weighted by atomic mass is 35.5. The Bertz CT molecular complexity index is 466. The molecule has 0 heterocycles. The summed E-state index contributed by atoms with van der Waals surface area (Å²) in [5, 5.41) is 11.6. The molecule has 0 saturated heterocycles. The van der Waals surface area contributed by atoms with Crippen LogP contribution in [0.4, 0.5) is 0 Å². The minimum absolute atomic E-state index is 0.178. The SMILES string of the molecule is CCCC1CCC(CN)(C(O)c2ccc(C)c(Cl)c2)CC1. The van der Waals surface area contributed by atoms with Crippen LogP contribution >= 0.6 is 11.6 Å². The lowest BCUT2D eigenvalue weighted by Crippen LogP contribution is -2.40. The van der Waals surface area contributed by atoms with E-state index in [0.717, 1.165) is 34.9 Å². The van der Waals surface area contributed by atoms with E-state index < -0.39 is 6.10 Å². The third kappa shape index (κ3) is 3.61. The Kier molecular flexibility index (Phi) is 5.70. The maximum atomic E-state index is 10.9. The van der Waals surface area contributed by atoms with E-state index in [9.17, 15) is 5.11 Å². The molecule has 1 fully saturated rings. The standard InChI is InChI=1S/C18H28ClNO/c1-3-4-14-7-9-18(12-20,10-8-14)17(21)15-6-5-13(2)16(19)11-15/h5-6,11,14,17,21H,3-4,7-10,12,20H2,1-2H3. The van der Waals surface area contributed by atoms with Crippen LogP contribution in [-0.2, 0) is 0 Å². The quantitative estimate of drug-likeness (QED) is 0.834. The number of aliphatic hydroxyl groups excluding tert-OH is 1. The van der Waals surface area contributed by atoms with Crippen LogP contribution in [-0.4, -0.2) is 11.7 Å². The van der Waals surface area contributed by atoms with Crippen LogP contribution in [0.5, 0.6) is 0 Å². The fraction of sp³-hybridized carbons (Fsp3) is 0.667. The van der Waals surface area contributed by atoms with E-state index in [4.69, 9.17) is 17.3 Å². The number of hydrogen-bond donors (Lipinski definition) is 2. The minimum Gasteiger partial charge on any atom is -0.388 e. The van der Waals surface area contributed by atoms with Crippen molar-refractivity contribution in [3.63, 3.8) is 0 Å². The second-order valence-corrected chi connectivity index (χ2v) is 7.12. The summed E-state index contributed by atoms with van der Waals surface area (Å²) in [5.41, 5.74) is 7.84. The molecule has 2 rings (SSSR count). The van der Waals surface area contributed by atoms with Gasteiger partial charge in [-0.25, -0.2) is 0 Å². The van der Waals surface area contributed by atoms with E-state index in [1.807, 2.05) is 25.1 Å². The Morgan fingerprint density at radius 2 is 2.05 bits per heavy atom. The lowest BCUT2D eigenvalue weighted by molar-refractivity contribution is -0.0108. The molecule has 0 spiro atoms. The molecular weight excluding hydrogens is 282 g/mol. The van der Waals surface area contributed by atoms with Crippen molar-refractivity contribution in [2.24, 2.45) is 17.1 Å². The third-order valence-electron chi connectivity index (χ3n) is 5.30. The summed E-state index contributed by atoms with van der Waals surface area (Å²) in [4.78, 5) is 0. The predicted molar refractivity (Wildman–Crippen MR) is 89.5 cm³/mol. The van der Waals surface area contributed by atoms with Gasteiger partial charge in [0, 0.05) is 17.0 Å². The van der Waals surface area contributed by atoms with Gasteiger partial charge in [0.2, 0.25) is 0 Å². The number of benzene rings is 1. The first-order valence-electron chi connectivity index (χ1n) is 8.16. The molecule has 1 saturated carbocycles. The van der Waals surface area contributed by atoms with E-state index in [0.29, 0.717) is 6.54 Å².